The number of carbonyl (C=O) groups is 1. The summed E-state index contributed by atoms with van der Waals surface area (Å²) in [7, 11) is 5.81. The predicted octanol–water partition coefficient (Wildman–Crippen LogP) is 3.51. The van der Waals surface area contributed by atoms with Crippen molar-refractivity contribution in [2.75, 3.05) is 26.0 Å². The fraction of sp³-hybridized carbons (Fsp3) is 0.211. The number of H-pyrrole nitrogens is 1. The van der Waals surface area contributed by atoms with Crippen molar-refractivity contribution in [3.05, 3.63) is 65.9 Å². The van der Waals surface area contributed by atoms with Crippen molar-refractivity contribution in [1.29, 1.82) is 0 Å². The lowest BCUT2D eigenvalue weighted by molar-refractivity contribution is 0.0785. The Morgan fingerprint density at radius 3 is 2.39 bits per heavy atom. The fourth-order valence-electron chi connectivity index (χ4n) is 2.71. The van der Waals surface area contributed by atoms with E-state index in [1.54, 1.807) is 4.90 Å². The molecule has 23 heavy (non-hydrogen) atoms. The van der Waals surface area contributed by atoms with Gasteiger partial charge in [-0.2, -0.15) is 0 Å². The number of nitrogens with zero attached hydrogens (tertiary/aromatic N) is 2. The van der Waals surface area contributed by atoms with Crippen LogP contribution in [0.15, 0.2) is 54.7 Å². The van der Waals surface area contributed by atoms with E-state index in [1.165, 1.54) is 0 Å². The molecule has 0 bridgehead atoms. The SMILES string of the molecule is CN(Cc1c[nH]c2ccccc12)C(=O)c1ccc(N(C)C)cc1. The van der Waals surface area contributed by atoms with Gasteiger partial charge < -0.3 is 14.8 Å². The number of hydrogen-bond acceptors (Lipinski definition) is 2. The number of fused-ring (bicyclic) bond motifs is 1. The largest absolute Gasteiger partial charge is 0.378 e. The molecule has 1 aromatic heterocycles. The van der Waals surface area contributed by atoms with Crippen molar-refractivity contribution in [3.8, 4) is 0 Å². The van der Waals surface area contributed by atoms with E-state index in [0.29, 0.717) is 12.1 Å². The lowest BCUT2D eigenvalue weighted by Crippen LogP contribution is -2.26. The summed E-state index contributed by atoms with van der Waals surface area (Å²) in [5, 5.41) is 1.16. The average molecular weight is 307 g/mol. The van der Waals surface area contributed by atoms with Gasteiger partial charge in [0.05, 0.1) is 0 Å². The molecule has 2 aromatic carbocycles. The van der Waals surface area contributed by atoms with Crippen LogP contribution >= 0.6 is 0 Å². The van der Waals surface area contributed by atoms with Crippen molar-refractivity contribution in [3.63, 3.8) is 0 Å². The number of hydrogen-bond donors (Lipinski definition) is 1. The van der Waals surface area contributed by atoms with E-state index in [0.717, 1.165) is 22.2 Å². The van der Waals surface area contributed by atoms with Gasteiger partial charge in [-0.3, -0.25) is 4.79 Å². The minimum Gasteiger partial charge on any atom is -0.378 e. The lowest BCUT2D eigenvalue weighted by Gasteiger charge is -2.18. The Labute approximate surface area is 136 Å². The quantitative estimate of drug-likeness (QED) is 0.801. The molecule has 0 atom stereocenters. The fourth-order valence-corrected chi connectivity index (χ4v) is 2.71. The summed E-state index contributed by atoms with van der Waals surface area (Å²) in [4.78, 5) is 19.6. The molecule has 1 N–H and O–H groups in total. The number of aromatic nitrogens is 1. The first-order valence-electron chi connectivity index (χ1n) is 7.64. The van der Waals surface area contributed by atoms with E-state index in [4.69, 9.17) is 0 Å². The van der Waals surface area contributed by atoms with Crippen molar-refractivity contribution in [2.24, 2.45) is 0 Å². The molecule has 0 unspecified atom stereocenters. The molecule has 0 radical (unpaired) electrons. The first kappa shape index (κ1) is 15.2. The van der Waals surface area contributed by atoms with Crippen LogP contribution in [0, 0.1) is 0 Å². The molecular weight excluding hydrogens is 286 g/mol. The zero-order valence-corrected chi connectivity index (χ0v) is 13.7. The van der Waals surface area contributed by atoms with Gasteiger partial charge in [0, 0.05) is 56.0 Å². The smallest absolute Gasteiger partial charge is 0.253 e. The average Bonchev–Trinajstić information content (AvgIpc) is 2.97. The second-order valence-electron chi connectivity index (χ2n) is 5.96. The third-order valence-electron chi connectivity index (χ3n) is 4.06. The highest BCUT2D eigenvalue weighted by molar-refractivity contribution is 5.94. The molecule has 4 nitrogen and oxygen atoms in total. The third kappa shape index (κ3) is 3.06. The summed E-state index contributed by atoms with van der Waals surface area (Å²) in [6, 6.07) is 15.8. The lowest BCUT2D eigenvalue weighted by atomic mass is 10.1. The highest BCUT2D eigenvalue weighted by atomic mass is 16.2. The summed E-state index contributed by atoms with van der Waals surface area (Å²) >= 11 is 0. The molecule has 0 aliphatic heterocycles. The zero-order chi connectivity index (χ0) is 16.4. The molecule has 1 heterocycles. The van der Waals surface area contributed by atoms with Gasteiger partial charge >= 0.3 is 0 Å². The first-order chi connectivity index (χ1) is 11.1. The molecule has 0 saturated heterocycles. The van der Waals surface area contributed by atoms with Crippen LogP contribution in [0.4, 0.5) is 5.69 Å². The second kappa shape index (κ2) is 6.16. The number of anilines is 1. The molecule has 3 aromatic rings. The van der Waals surface area contributed by atoms with Crippen LogP contribution in [0.1, 0.15) is 15.9 Å². The van der Waals surface area contributed by atoms with Crippen LogP contribution in [0.2, 0.25) is 0 Å². The van der Waals surface area contributed by atoms with Crippen molar-refractivity contribution in [1.82, 2.24) is 9.88 Å². The van der Waals surface area contributed by atoms with Gasteiger partial charge in [-0.25, -0.2) is 0 Å². The highest BCUT2D eigenvalue weighted by Gasteiger charge is 2.14. The molecule has 0 aliphatic rings. The Balaban J connectivity index is 1.77. The van der Waals surface area contributed by atoms with Crippen LogP contribution in [0.3, 0.4) is 0 Å². The van der Waals surface area contributed by atoms with Gasteiger partial charge in [-0.1, -0.05) is 18.2 Å². The molecule has 118 valence electrons. The predicted molar refractivity (Wildman–Crippen MR) is 94.9 cm³/mol. The number of carbonyl (C=O) groups excluding carboxylic acids is 1. The number of nitrogens with one attached hydrogen (secondary N) is 1. The second-order valence-corrected chi connectivity index (χ2v) is 5.96. The van der Waals surface area contributed by atoms with Crippen LogP contribution < -0.4 is 4.90 Å². The van der Waals surface area contributed by atoms with Gasteiger partial charge in [-0.05, 0) is 35.9 Å². The van der Waals surface area contributed by atoms with Crippen LogP contribution in [-0.2, 0) is 6.54 Å². The van der Waals surface area contributed by atoms with E-state index in [-0.39, 0.29) is 5.91 Å². The topological polar surface area (TPSA) is 39.3 Å². The Morgan fingerprint density at radius 1 is 1.00 bits per heavy atom. The van der Waals surface area contributed by atoms with Gasteiger partial charge in [-0.15, -0.1) is 0 Å². The molecule has 4 heteroatoms. The molecular formula is C19H21N3O. The maximum atomic E-state index is 12.6. The van der Waals surface area contributed by atoms with Crippen LogP contribution in [0.5, 0.6) is 0 Å². The minimum absolute atomic E-state index is 0.0283. The van der Waals surface area contributed by atoms with E-state index in [1.807, 2.05) is 74.7 Å². The monoisotopic (exact) mass is 307 g/mol. The number of para-hydroxylation sites is 1. The van der Waals surface area contributed by atoms with Gasteiger partial charge in [0.2, 0.25) is 0 Å². The normalized spacial score (nSPS) is 10.7. The zero-order valence-electron chi connectivity index (χ0n) is 13.7. The number of aromatic amines is 1. The summed E-state index contributed by atoms with van der Waals surface area (Å²) in [6.45, 7) is 0.582. The standard InChI is InChI=1S/C19H21N3O/c1-21(2)16-10-8-14(9-11-16)19(23)22(3)13-15-12-20-18-7-5-4-6-17(15)18/h4-12,20H,13H2,1-3H3. The molecule has 0 spiro atoms. The molecule has 1 amide bonds. The molecule has 0 saturated carbocycles. The summed E-state index contributed by atoms with van der Waals surface area (Å²) in [6.07, 6.45) is 1.98. The van der Waals surface area contributed by atoms with Gasteiger partial charge in [0.25, 0.3) is 5.91 Å². The molecule has 3 rings (SSSR count). The molecule has 0 aliphatic carbocycles. The van der Waals surface area contributed by atoms with Crippen molar-refractivity contribution < 1.29 is 4.79 Å². The van der Waals surface area contributed by atoms with E-state index in [9.17, 15) is 4.79 Å². The number of benzene rings is 2. The Morgan fingerprint density at radius 2 is 1.70 bits per heavy atom. The summed E-state index contributed by atoms with van der Waals surface area (Å²) in [5.41, 5.74) is 4.01. The van der Waals surface area contributed by atoms with Crippen molar-refractivity contribution in [2.45, 2.75) is 6.54 Å². The van der Waals surface area contributed by atoms with Crippen molar-refractivity contribution >= 4 is 22.5 Å². The number of amides is 1. The maximum absolute atomic E-state index is 12.6. The highest BCUT2D eigenvalue weighted by Crippen LogP contribution is 2.20. The van der Waals surface area contributed by atoms with E-state index in [2.05, 4.69) is 11.1 Å². The number of rotatable bonds is 4. The van der Waals surface area contributed by atoms with Crippen LogP contribution in [-0.4, -0.2) is 36.9 Å². The molecule has 0 fully saturated rings. The third-order valence-corrected chi connectivity index (χ3v) is 4.06. The van der Waals surface area contributed by atoms with E-state index >= 15 is 0 Å². The Kier molecular flexibility index (Phi) is 4.06. The summed E-state index contributed by atoms with van der Waals surface area (Å²) in [5.74, 6) is 0.0283. The summed E-state index contributed by atoms with van der Waals surface area (Å²) < 4.78 is 0. The van der Waals surface area contributed by atoms with Gasteiger partial charge in [0.1, 0.15) is 0 Å². The first-order valence-corrected chi connectivity index (χ1v) is 7.64. The Hall–Kier alpha value is -2.75. The maximum Gasteiger partial charge on any atom is 0.253 e. The Bertz CT molecular complexity index is 818. The van der Waals surface area contributed by atoms with Gasteiger partial charge in [0.15, 0.2) is 0 Å². The van der Waals surface area contributed by atoms with Crippen LogP contribution in [0.25, 0.3) is 10.9 Å². The van der Waals surface area contributed by atoms with E-state index < -0.39 is 0 Å². The minimum atomic E-state index is 0.0283.